The zero-order valence-electron chi connectivity index (χ0n) is 13.6. The molecule has 2 unspecified atom stereocenters. The number of nitrogens with one attached hydrogen (secondary N) is 1. The van der Waals surface area contributed by atoms with E-state index in [1.54, 1.807) is 0 Å². The van der Waals surface area contributed by atoms with E-state index in [-0.39, 0.29) is 30.4 Å². The molecule has 128 valence electrons. The van der Waals surface area contributed by atoms with Gasteiger partial charge >= 0.3 is 0 Å². The van der Waals surface area contributed by atoms with Crippen molar-refractivity contribution in [1.29, 1.82) is 0 Å². The number of ether oxygens (including phenoxy) is 2. The average molecular weight is 330 g/mol. The Hall–Kier alpha value is -2.24. The largest absolute Gasteiger partial charge is 0.454 e. The first kappa shape index (κ1) is 15.3. The van der Waals surface area contributed by atoms with Gasteiger partial charge in [-0.25, -0.2) is 0 Å². The predicted octanol–water partition coefficient (Wildman–Crippen LogP) is 1.68. The van der Waals surface area contributed by atoms with Crippen molar-refractivity contribution >= 4 is 11.8 Å². The average Bonchev–Trinajstić information content (AvgIpc) is 3.29. The van der Waals surface area contributed by atoms with Gasteiger partial charge in [0.25, 0.3) is 0 Å². The third-order valence-corrected chi connectivity index (χ3v) is 5.02. The lowest BCUT2D eigenvalue weighted by atomic mass is 10.1. The van der Waals surface area contributed by atoms with Gasteiger partial charge in [0.05, 0.1) is 11.8 Å². The van der Waals surface area contributed by atoms with Crippen LogP contribution in [0.4, 0.5) is 0 Å². The van der Waals surface area contributed by atoms with Crippen LogP contribution in [-0.4, -0.2) is 36.6 Å². The number of fused-ring (bicyclic) bond motifs is 1. The molecule has 0 spiro atoms. The fraction of sp³-hybridized carbons (Fsp3) is 0.556. The number of amides is 2. The summed E-state index contributed by atoms with van der Waals surface area (Å²) in [4.78, 5) is 26.6. The predicted molar refractivity (Wildman–Crippen MR) is 86.4 cm³/mol. The fourth-order valence-electron chi connectivity index (χ4n) is 3.48. The molecule has 2 aliphatic heterocycles. The van der Waals surface area contributed by atoms with E-state index in [9.17, 15) is 9.59 Å². The van der Waals surface area contributed by atoms with Crippen LogP contribution in [0.3, 0.4) is 0 Å². The van der Waals surface area contributed by atoms with Crippen molar-refractivity contribution in [1.82, 2.24) is 10.2 Å². The van der Waals surface area contributed by atoms with Gasteiger partial charge in [0.2, 0.25) is 18.6 Å². The number of piperidine rings is 1. The Morgan fingerprint density at radius 1 is 1.08 bits per heavy atom. The molecular weight excluding hydrogens is 308 g/mol. The van der Waals surface area contributed by atoms with E-state index < -0.39 is 0 Å². The molecule has 3 aliphatic rings. The molecule has 24 heavy (non-hydrogen) atoms. The lowest BCUT2D eigenvalue weighted by Gasteiger charge is -2.26. The van der Waals surface area contributed by atoms with Crippen LogP contribution in [0.2, 0.25) is 0 Å². The minimum atomic E-state index is -0.159. The molecule has 6 heteroatoms. The lowest BCUT2D eigenvalue weighted by molar-refractivity contribution is -0.135. The molecule has 1 aromatic rings. The normalized spacial score (nSPS) is 24.6. The number of carbonyl (C=O) groups is 2. The quantitative estimate of drug-likeness (QED) is 0.912. The van der Waals surface area contributed by atoms with E-state index in [1.807, 2.05) is 23.1 Å². The zero-order chi connectivity index (χ0) is 16.5. The van der Waals surface area contributed by atoms with Gasteiger partial charge in [-0.3, -0.25) is 9.59 Å². The van der Waals surface area contributed by atoms with Crippen LogP contribution in [0.25, 0.3) is 0 Å². The number of likely N-dealkylation sites (tertiary alicyclic amines) is 1. The van der Waals surface area contributed by atoms with E-state index in [0.29, 0.717) is 18.7 Å². The molecule has 1 saturated heterocycles. The van der Waals surface area contributed by atoms with Gasteiger partial charge < -0.3 is 19.7 Å². The second-order valence-electron chi connectivity index (χ2n) is 6.74. The number of carbonyl (C=O) groups excluding carboxylic acids is 2. The molecule has 1 saturated carbocycles. The van der Waals surface area contributed by atoms with Crippen molar-refractivity contribution in [3.8, 4) is 11.5 Å². The summed E-state index contributed by atoms with van der Waals surface area (Å²) in [6, 6.07) is 5.65. The van der Waals surface area contributed by atoms with Gasteiger partial charge in [0, 0.05) is 19.6 Å². The molecule has 2 fully saturated rings. The van der Waals surface area contributed by atoms with Crippen molar-refractivity contribution in [3.05, 3.63) is 23.8 Å². The van der Waals surface area contributed by atoms with Gasteiger partial charge in [-0.2, -0.15) is 0 Å². The minimum Gasteiger partial charge on any atom is -0.454 e. The van der Waals surface area contributed by atoms with Crippen molar-refractivity contribution in [2.24, 2.45) is 11.8 Å². The first-order chi connectivity index (χ1) is 11.7. The number of benzene rings is 1. The van der Waals surface area contributed by atoms with E-state index >= 15 is 0 Å². The monoisotopic (exact) mass is 330 g/mol. The van der Waals surface area contributed by atoms with Crippen molar-refractivity contribution in [3.63, 3.8) is 0 Å². The highest BCUT2D eigenvalue weighted by molar-refractivity contribution is 5.92. The third-order valence-electron chi connectivity index (χ3n) is 5.02. The third kappa shape index (κ3) is 3.05. The zero-order valence-corrected chi connectivity index (χ0v) is 13.6. The van der Waals surface area contributed by atoms with Crippen LogP contribution in [0.15, 0.2) is 18.2 Å². The second kappa shape index (κ2) is 6.34. The molecule has 0 aromatic heterocycles. The molecule has 2 amide bonds. The molecule has 4 rings (SSSR count). The summed E-state index contributed by atoms with van der Waals surface area (Å²) in [6.07, 6.45) is 4.05. The Labute approximate surface area is 141 Å². The summed E-state index contributed by atoms with van der Waals surface area (Å²) >= 11 is 0. The van der Waals surface area contributed by atoms with Gasteiger partial charge in [0.1, 0.15) is 0 Å². The van der Waals surface area contributed by atoms with Gasteiger partial charge in [-0.05, 0) is 43.4 Å². The van der Waals surface area contributed by atoms with Crippen LogP contribution in [-0.2, 0) is 16.1 Å². The van der Waals surface area contributed by atoms with Crippen LogP contribution in [0.1, 0.15) is 31.2 Å². The molecule has 2 heterocycles. The van der Waals surface area contributed by atoms with E-state index in [4.69, 9.17) is 9.47 Å². The molecule has 0 radical (unpaired) electrons. The smallest absolute Gasteiger partial charge is 0.231 e. The maximum absolute atomic E-state index is 12.4. The second-order valence-corrected chi connectivity index (χ2v) is 6.74. The van der Waals surface area contributed by atoms with E-state index in [1.165, 1.54) is 6.42 Å². The van der Waals surface area contributed by atoms with E-state index in [2.05, 4.69) is 5.32 Å². The van der Waals surface area contributed by atoms with Gasteiger partial charge in [-0.1, -0.05) is 6.07 Å². The Morgan fingerprint density at radius 2 is 1.88 bits per heavy atom. The summed E-state index contributed by atoms with van der Waals surface area (Å²) < 4.78 is 10.6. The topological polar surface area (TPSA) is 67.9 Å². The molecule has 6 nitrogen and oxygen atoms in total. The number of hydrogen-bond donors (Lipinski definition) is 1. The standard InChI is InChI=1S/C18H22N2O4/c21-17(13-9-14(13)18(22)20-6-2-1-3-7-20)19-10-12-4-5-15-16(8-12)24-11-23-15/h4-5,8,13-14H,1-3,6-7,9-11H2,(H,19,21). The Morgan fingerprint density at radius 3 is 2.71 bits per heavy atom. The molecular formula is C18H22N2O4. The van der Waals surface area contributed by atoms with Crippen molar-refractivity contribution < 1.29 is 19.1 Å². The highest BCUT2D eigenvalue weighted by Gasteiger charge is 2.49. The number of hydrogen-bond acceptors (Lipinski definition) is 4. The molecule has 1 N–H and O–H groups in total. The van der Waals surface area contributed by atoms with Crippen LogP contribution in [0.5, 0.6) is 11.5 Å². The first-order valence-electron chi connectivity index (χ1n) is 8.67. The Kier molecular flexibility index (Phi) is 4.04. The van der Waals surface area contributed by atoms with Crippen LogP contribution in [0, 0.1) is 11.8 Å². The molecule has 1 aliphatic carbocycles. The lowest BCUT2D eigenvalue weighted by Crippen LogP contribution is -2.37. The summed E-state index contributed by atoms with van der Waals surface area (Å²) in [5, 5.41) is 2.93. The molecule has 2 atom stereocenters. The highest BCUT2D eigenvalue weighted by Crippen LogP contribution is 2.40. The Balaban J connectivity index is 1.27. The maximum atomic E-state index is 12.4. The summed E-state index contributed by atoms with van der Waals surface area (Å²) in [5.74, 6) is 1.32. The highest BCUT2D eigenvalue weighted by atomic mass is 16.7. The van der Waals surface area contributed by atoms with E-state index in [0.717, 1.165) is 37.2 Å². The minimum absolute atomic E-state index is 0.0250. The van der Waals surface area contributed by atoms with Gasteiger partial charge in [0.15, 0.2) is 11.5 Å². The van der Waals surface area contributed by atoms with Crippen molar-refractivity contribution in [2.75, 3.05) is 19.9 Å². The summed E-state index contributed by atoms with van der Waals surface area (Å²) in [6.45, 7) is 2.38. The molecule has 0 bridgehead atoms. The Bertz CT molecular complexity index is 654. The number of nitrogens with zero attached hydrogens (tertiary/aromatic N) is 1. The summed E-state index contributed by atoms with van der Waals surface area (Å²) in [5.41, 5.74) is 0.965. The van der Waals surface area contributed by atoms with Crippen molar-refractivity contribution in [2.45, 2.75) is 32.2 Å². The molecule has 1 aromatic carbocycles. The SMILES string of the molecule is O=C(NCc1ccc2c(c1)OCO2)C1CC1C(=O)N1CCCCC1. The summed E-state index contributed by atoms with van der Waals surface area (Å²) in [7, 11) is 0. The van der Waals surface area contributed by atoms with Gasteiger partial charge in [-0.15, -0.1) is 0 Å². The maximum Gasteiger partial charge on any atom is 0.231 e. The fourth-order valence-corrected chi connectivity index (χ4v) is 3.48. The number of rotatable bonds is 4. The van der Waals surface area contributed by atoms with Crippen LogP contribution < -0.4 is 14.8 Å². The first-order valence-corrected chi connectivity index (χ1v) is 8.67. The van der Waals surface area contributed by atoms with Crippen LogP contribution >= 0.6 is 0 Å².